The predicted octanol–water partition coefficient (Wildman–Crippen LogP) is 4.61. The van der Waals surface area contributed by atoms with Gasteiger partial charge in [0.1, 0.15) is 6.23 Å². The average molecular weight is 587 g/mol. The second-order valence-corrected chi connectivity index (χ2v) is 10.5. The van der Waals surface area contributed by atoms with Gasteiger partial charge in [-0.25, -0.2) is 4.79 Å². The third-order valence-electron chi connectivity index (χ3n) is 7.15. The van der Waals surface area contributed by atoms with Crippen molar-refractivity contribution in [3.05, 3.63) is 78.5 Å². The number of fused-ring (bicyclic) bond motifs is 1. The van der Waals surface area contributed by atoms with Crippen LogP contribution in [0.3, 0.4) is 0 Å². The molecule has 0 radical (unpaired) electrons. The average Bonchev–Trinajstić information content (AvgIpc) is 3.36. The summed E-state index contributed by atoms with van der Waals surface area (Å²) in [6.45, 7) is 11.4. The molecule has 3 heterocycles. The van der Waals surface area contributed by atoms with Crippen molar-refractivity contribution in [1.29, 1.82) is 0 Å². The minimum absolute atomic E-state index is 0.265. The standard InChI is InChI=1S/C18H26ClN3.C10H13N5O4/c1-4-22(5-2)12-6-7-14(3)21-17-10-11-20-18-13-15(19)8-9-16(17)18;1-5-3-15(10(18)12-9(5)17)8-2-6(13-14-11)7(4-16)19-8/h8-11,13-14H,4-7,12H2,1-3H3,(H,20,21);3,6-8,16H,2,4H2,1H3,(H,12,17,18)/t;6-,7+,8+/m.0/s1. The minimum Gasteiger partial charge on any atom is -0.394 e. The summed E-state index contributed by atoms with van der Waals surface area (Å²) in [6, 6.07) is 7.80. The van der Waals surface area contributed by atoms with E-state index >= 15 is 0 Å². The fourth-order valence-corrected chi connectivity index (χ4v) is 4.95. The summed E-state index contributed by atoms with van der Waals surface area (Å²) in [5, 5.41) is 18.1. The monoisotopic (exact) mass is 586 g/mol. The molecule has 1 aromatic carbocycles. The van der Waals surface area contributed by atoms with Crippen molar-refractivity contribution in [3.63, 3.8) is 0 Å². The number of hydrogen-bond donors (Lipinski definition) is 3. The van der Waals surface area contributed by atoms with E-state index in [4.69, 9.17) is 27.0 Å². The molecule has 222 valence electrons. The molecule has 41 heavy (non-hydrogen) atoms. The number of ether oxygens (including phenoxy) is 1. The Morgan fingerprint density at radius 2 is 2.10 bits per heavy atom. The third-order valence-corrected chi connectivity index (χ3v) is 7.39. The zero-order valence-corrected chi connectivity index (χ0v) is 24.7. The van der Waals surface area contributed by atoms with Crippen molar-refractivity contribution in [1.82, 2.24) is 19.4 Å². The van der Waals surface area contributed by atoms with Crippen LogP contribution in [-0.2, 0) is 4.74 Å². The number of benzene rings is 1. The number of nitrogens with zero attached hydrogens (tertiary/aromatic N) is 6. The quantitative estimate of drug-likeness (QED) is 0.168. The molecule has 0 amide bonds. The number of pyridine rings is 1. The van der Waals surface area contributed by atoms with Gasteiger partial charge in [-0.05, 0) is 76.1 Å². The van der Waals surface area contributed by atoms with E-state index < -0.39 is 29.6 Å². The summed E-state index contributed by atoms with van der Waals surface area (Å²) in [4.78, 5) is 34.7. The zero-order valence-electron chi connectivity index (χ0n) is 24.0. The summed E-state index contributed by atoms with van der Waals surface area (Å²) in [5.41, 5.74) is 9.83. The van der Waals surface area contributed by atoms with Crippen LogP contribution in [0.1, 0.15) is 51.8 Å². The number of aliphatic hydroxyl groups excluding tert-OH is 1. The Kier molecular flexibility index (Phi) is 12.2. The Hall–Kier alpha value is -3.41. The van der Waals surface area contributed by atoms with Crippen LogP contribution in [0.25, 0.3) is 21.3 Å². The van der Waals surface area contributed by atoms with Gasteiger partial charge in [0.2, 0.25) is 0 Å². The first-order chi connectivity index (χ1) is 19.7. The lowest BCUT2D eigenvalue weighted by molar-refractivity contribution is -0.0271. The molecule has 0 spiro atoms. The first-order valence-electron chi connectivity index (χ1n) is 13.9. The molecule has 1 fully saturated rings. The highest BCUT2D eigenvalue weighted by molar-refractivity contribution is 6.31. The minimum atomic E-state index is -0.671. The SMILES string of the molecule is CCN(CC)CCCC(C)Nc1ccnc2cc(Cl)ccc12.Cc1cn([C@H]2C[C@H](N=[N+]=[N-])[C@@H](CO)O2)c(=O)[nH]c1=O. The van der Waals surface area contributed by atoms with Gasteiger partial charge in [0.25, 0.3) is 5.56 Å². The van der Waals surface area contributed by atoms with Crippen LogP contribution in [0.5, 0.6) is 0 Å². The molecule has 3 N–H and O–H groups in total. The molecular formula is C28H39ClN8O4. The number of azide groups is 1. The van der Waals surface area contributed by atoms with E-state index in [9.17, 15) is 9.59 Å². The van der Waals surface area contributed by atoms with Gasteiger partial charge in [0.05, 0.1) is 24.3 Å². The number of hydrogen-bond acceptors (Lipinski definition) is 8. The van der Waals surface area contributed by atoms with Crippen LogP contribution in [0.4, 0.5) is 5.69 Å². The molecular weight excluding hydrogens is 548 g/mol. The van der Waals surface area contributed by atoms with Crippen molar-refractivity contribution in [2.45, 2.75) is 71.4 Å². The number of aromatic amines is 1. The number of nitrogens with one attached hydrogen (secondary N) is 2. The second-order valence-electron chi connectivity index (χ2n) is 10.0. The van der Waals surface area contributed by atoms with Gasteiger partial charge in [-0.3, -0.25) is 19.3 Å². The fraction of sp³-hybridized carbons (Fsp3) is 0.536. The molecule has 1 saturated heterocycles. The van der Waals surface area contributed by atoms with Gasteiger partial charge in [-0.2, -0.15) is 0 Å². The van der Waals surface area contributed by atoms with Crippen molar-refractivity contribution in [3.8, 4) is 0 Å². The van der Waals surface area contributed by atoms with Crippen LogP contribution < -0.4 is 16.6 Å². The first-order valence-corrected chi connectivity index (χ1v) is 14.2. The third kappa shape index (κ3) is 8.79. The summed E-state index contributed by atoms with van der Waals surface area (Å²) < 4.78 is 6.69. The van der Waals surface area contributed by atoms with E-state index in [2.05, 4.69) is 51.0 Å². The molecule has 2 aromatic heterocycles. The van der Waals surface area contributed by atoms with Gasteiger partial charge in [0, 0.05) is 51.4 Å². The second kappa shape index (κ2) is 15.6. The highest BCUT2D eigenvalue weighted by atomic mass is 35.5. The predicted molar refractivity (Wildman–Crippen MR) is 161 cm³/mol. The van der Waals surface area contributed by atoms with Gasteiger partial charge in [-0.15, -0.1) is 0 Å². The molecule has 12 nitrogen and oxygen atoms in total. The summed E-state index contributed by atoms with van der Waals surface area (Å²) in [7, 11) is 0. The Morgan fingerprint density at radius 3 is 2.78 bits per heavy atom. The summed E-state index contributed by atoms with van der Waals surface area (Å²) >= 11 is 6.04. The smallest absolute Gasteiger partial charge is 0.330 e. The van der Waals surface area contributed by atoms with E-state index in [0.717, 1.165) is 41.1 Å². The maximum Gasteiger partial charge on any atom is 0.330 e. The lowest BCUT2D eigenvalue weighted by atomic mass is 10.1. The normalized spacial score (nSPS) is 19.0. The van der Waals surface area contributed by atoms with Crippen molar-refractivity contribution < 1.29 is 9.84 Å². The number of halogens is 1. The van der Waals surface area contributed by atoms with E-state index in [-0.39, 0.29) is 13.0 Å². The molecule has 1 unspecified atom stereocenters. The summed E-state index contributed by atoms with van der Waals surface area (Å²) in [5.74, 6) is 0. The number of rotatable bonds is 11. The molecule has 13 heteroatoms. The Bertz CT molecular complexity index is 1450. The molecule has 0 saturated carbocycles. The van der Waals surface area contributed by atoms with E-state index in [1.807, 2.05) is 30.5 Å². The molecule has 0 aliphatic carbocycles. The van der Waals surface area contributed by atoms with Crippen LogP contribution in [0, 0.1) is 6.92 Å². The highest BCUT2D eigenvalue weighted by Gasteiger charge is 2.35. The molecule has 4 rings (SSSR count). The van der Waals surface area contributed by atoms with Gasteiger partial charge in [-0.1, -0.05) is 30.6 Å². The van der Waals surface area contributed by atoms with Crippen LogP contribution in [-0.4, -0.2) is 69.0 Å². The van der Waals surface area contributed by atoms with Crippen LogP contribution >= 0.6 is 11.6 Å². The van der Waals surface area contributed by atoms with Crippen molar-refractivity contribution >= 4 is 28.2 Å². The molecule has 1 aliphatic heterocycles. The fourth-order valence-electron chi connectivity index (χ4n) is 4.78. The lowest BCUT2D eigenvalue weighted by Gasteiger charge is -2.20. The highest BCUT2D eigenvalue weighted by Crippen LogP contribution is 2.30. The number of aromatic nitrogens is 3. The number of H-pyrrole nitrogens is 1. The maximum absolute atomic E-state index is 11.7. The lowest BCUT2D eigenvalue weighted by Crippen LogP contribution is -2.33. The zero-order chi connectivity index (χ0) is 29.9. The van der Waals surface area contributed by atoms with Gasteiger partial charge in [0.15, 0.2) is 0 Å². The summed E-state index contributed by atoms with van der Waals surface area (Å²) in [6.07, 6.45) is 4.54. The Balaban J connectivity index is 0.000000228. The topological polar surface area (TPSA) is 161 Å². The molecule has 1 aliphatic rings. The number of aliphatic hydroxyl groups is 1. The van der Waals surface area contributed by atoms with Crippen LogP contribution in [0.2, 0.25) is 5.02 Å². The van der Waals surface area contributed by atoms with Crippen molar-refractivity contribution in [2.75, 3.05) is 31.6 Å². The van der Waals surface area contributed by atoms with Crippen molar-refractivity contribution in [2.24, 2.45) is 5.11 Å². The van der Waals surface area contributed by atoms with E-state index in [1.54, 1.807) is 6.92 Å². The number of anilines is 1. The van der Waals surface area contributed by atoms with E-state index in [1.165, 1.54) is 23.7 Å². The van der Waals surface area contributed by atoms with E-state index in [0.29, 0.717) is 11.6 Å². The largest absolute Gasteiger partial charge is 0.394 e. The van der Waals surface area contributed by atoms with Gasteiger partial charge >= 0.3 is 5.69 Å². The first kappa shape index (κ1) is 32.1. The van der Waals surface area contributed by atoms with Gasteiger partial charge < -0.3 is 20.1 Å². The van der Waals surface area contributed by atoms with Crippen LogP contribution in [0.15, 0.2) is 51.4 Å². The molecule has 4 atom stereocenters. The molecule has 3 aromatic rings. The Labute approximate surface area is 243 Å². The number of aryl methyl sites for hydroxylation is 1. The maximum atomic E-state index is 11.7. The Morgan fingerprint density at radius 1 is 1.34 bits per heavy atom. The molecule has 0 bridgehead atoms.